The van der Waals surface area contributed by atoms with Crippen LogP contribution >= 0.6 is 11.8 Å². The first-order chi connectivity index (χ1) is 7.36. The average Bonchev–Trinajstić information content (AvgIpc) is 2.66. The predicted octanol–water partition coefficient (Wildman–Crippen LogP) is 2.41. The molecule has 2 nitrogen and oxygen atoms in total. The highest BCUT2D eigenvalue weighted by molar-refractivity contribution is 7.98. The fourth-order valence-electron chi connectivity index (χ4n) is 1.99. The van der Waals surface area contributed by atoms with Gasteiger partial charge in [0.25, 0.3) is 0 Å². The molecule has 1 aromatic rings. The number of nitrogens with zero attached hydrogens (tertiary/aromatic N) is 2. The average molecular weight is 222 g/mol. The number of rotatable bonds is 4. The topological polar surface area (TPSA) is 16.1 Å². The molecule has 0 unspecified atom stereocenters. The zero-order chi connectivity index (χ0) is 10.5. The van der Waals surface area contributed by atoms with Gasteiger partial charge in [0, 0.05) is 29.9 Å². The second-order valence-corrected chi connectivity index (χ2v) is 5.18. The van der Waals surface area contributed by atoms with Crippen molar-refractivity contribution in [1.82, 2.24) is 9.88 Å². The molecule has 1 aliphatic heterocycles. The number of pyridine rings is 1. The summed E-state index contributed by atoms with van der Waals surface area (Å²) in [7, 11) is 2.24. The lowest BCUT2D eigenvalue weighted by Gasteiger charge is -2.18. The molecule has 0 bridgehead atoms. The lowest BCUT2D eigenvalue weighted by Crippen LogP contribution is -2.26. The van der Waals surface area contributed by atoms with Crippen LogP contribution in [0.3, 0.4) is 0 Å². The lowest BCUT2D eigenvalue weighted by atomic mass is 10.2. The summed E-state index contributed by atoms with van der Waals surface area (Å²) in [5.74, 6) is 2.35. The second kappa shape index (κ2) is 5.52. The molecule has 1 aromatic heterocycles. The Morgan fingerprint density at radius 1 is 1.60 bits per heavy atom. The smallest absolute Gasteiger partial charge is 0.0308 e. The van der Waals surface area contributed by atoms with Gasteiger partial charge in [-0.05, 0) is 38.1 Å². The summed E-state index contributed by atoms with van der Waals surface area (Å²) in [5, 5.41) is 0. The van der Waals surface area contributed by atoms with Crippen molar-refractivity contribution in [2.45, 2.75) is 24.6 Å². The predicted molar refractivity (Wildman–Crippen MR) is 66.1 cm³/mol. The summed E-state index contributed by atoms with van der Waals surface area (Å²) in [6.07, 6.45) is 6.54. The lowest BCUT2D eigenvalue weighted by molar-refractivity contribution is 0.335. The van der Waals surface area contributed by atoms with E-state index in [-0.39, 0.29) is 0 Å². The Labute approximate surface area is 96.1 Å². The van der Waals surface area contributed by atoms with E-state index < -0.39 is 0 Å². The first-order valence-electron chi connectivity index (χ1n) is 5.53. The molecular formula is C12H18N2S. The van der Waals surface area contributed by atoms with E-state index in [9.17, 15) is 0 Å². The Balaban J connectivity index is 1.71. The SMILES string of the molecule is CN1CCC[C@H]1CSCc1cccnc1. The largest absolute Gasteiger partial charge is 0.303 e. The van der Waals surface area contributed by atoms with Gasteiger partial charge < -0.3 is 4.90 Å². The molecule has 0 radical (unpaired) electrons. The summed E-state index contributed by atoms with van der Waals surface area (Å²) >= 11 is 2.03. The Kier molecular flexibility index (Phi) is 4.03. The summed E-state index contributed by atoms with van der Waals surface area (Å²) in [5.41, 5.74) is 1.34. The minimum Gasteiger partial charge on any atom is -0.303 e. The third-order valence-electron chi connectivity index (χ3n) is 2.97. The molecular weight excluding hydrogens is 204 g/mol. The third-order valence-corrected chi connectivity index (χ3v) is 4.13. The minimum atomic E-state index is 0.798. The number of hydrogen-bond donors (Lipinski definition) is 0. The summed E-state index contributed by atoms with van der Waals surface area (Å²) < 4.78 is 0. The van der Waals surface area contributed by atoms with Crippen molar-refractivity contribution in [2.24, 2.45) is 0 Å². The van der Waals surface area contributed by atoms with Crippen molar-refractivity contribution in [3.05, 3.63) is 30.1 Å². The second-order valence-electron chi connectivity index (χ2n) is 4.15. The zero-order valence-corrected chi connectivity index (χ0v) is 10.0. The third kappa shape index (κ3) is 3.21. The van der Waals surface area contributed by atoms with E-state index in [1.807, 2.05) is 30.2 Å². The van der Waals surface area contributed by atoms with Crippen LogP contribution < -0.4 is 0 Å². The molecule has 3 heteroatoms. The van der Waals surface area contributed by atoms with Crippen LogP contribution in [0.4, 0.5) is 0 Å². The van der Waals surface area contributed by atoms with E-state index in [0.717, 1.165) is 11.8 Å². The maximum absolute atomic E-state index is 4.13. The van der Waals surface area contributed by atoms with Crippen molar-refractivity contribution < 1.29 is 0 Å². The van der Waals surface area contributed by atoms with Gasteiger partial charge in [0.05, 0.1) is 0 Å². The first kappa shape index (κ1) is 11.0. The van der Waals surface area contributed by atoms with Crippen LogP contribution in [0.1, 0.15) is 18.4 Å². The number of aromatic nitrogens is 1. The maximum Gasteiger partial charge on any atom is 0.0308 e. The molecule has 15 heavy (non-hydrogen) atoms. The minimum absolute atomic E-state index is 0.798. The van der Waals surface area contributed by atoms with Crippen LogP contribution in [0, 0.1) is 0 Å². The molecule has 1 saturated heterocycles. The fourth-order valence-corrected chi connectivity index (χ4v) is 3.20. The van der Waals surface area contributed by atoms with Crippen molar-refractivity contribution in [2.75, 3.05) is 19.3 Å². The van der Waals surface area contributed by atoms with Crippen molar-refractivity contribution in [3.63, 3.8) is 0 Å². The van der Waals surface area contributed by atoms with E-state index in [1.165, 1.54) is 30.7 Å². The zero-order valence-electron chi connectivity index (χ0n) is 9.22. The van der Waals surface area contributed by atoms with Crippen molar-refractivity contribution in [3.8, 4) is 0 Å². The van der Waals surface area contributed by atoms with Crippen LogP contribution in [0.25, 0.3) is 0 Å². The molecule has 2 rings (SSSR count). The van der Waals surface area contributed by atoms with Gasteiger partial charge in [0.1, 0.15) is 0 Å². The summed E-state index contributed by atoms with van der Waals surface area (Å²) in [6.45, 7) is 1.28. The van der Waals surface area contributed by atoms with Gasteiger partial charge in [0.15, 0.2) is 0 Å². The molecule has 0 aliphatic carbocycles. The molecule has 2 heterocycles. The molecule has 82 valence electrons. The van der Waals surface area contributed by atoms with Crippen LogP contribution in [0.2, 0.25) is 0 Å². The Morgan fingerprint density at radius 3 is 3.20 bits per heavy atom. The van der Waals surface area contributed by atoms with Gasteiger partial charge in [-0.2, -0.15) is 11.8 Å². The molecule has 0 aromatic carbocycles. The highest BCUT2D eigenvalue weighted by atomic mass is 32.2. The van der Waals surface area contributed by atoms with Gasteiger partial charge >= 0.3 is 0 Å². The number of thioether (sulfide) groups is 1. The van der Waals surface area contributed by atoms with Gasteiger partial charge in [-0.3, -0.25) is 4.98 Å². The van der Waals surface area contributed by atoms with E-state index in [0.29, 0.717) is 0 Å². The molecule has 0 saturated carbocycles. The molecule has 1 aliphatic rings. The molecule has 0 spiro atoms. The van der Waals surface area contributed by atoms with Gasteiger partial charge in [0.2, 0.25) is 0 Å². The van der Waals surface area contributed by atoms with Gasteiger partial charge in [-0.15, -0.1) is 0 Å². The highest BCUT2D eigenvalue weighted by Crippen LogP contribution is 2.21. The van der Waals surface area contributed by atoms with Gasteiger partial charge in [-0.25, -0.2) is 0 Å². The van der Waals surface area contributed by atoms with Crippen LogP contribution in [0.15, 0.2) is 24.5 Å². The molecule has 0 N–H and O–H groups in total. The van der Waals surface area contributed by atoms with Crippen molar-refractivity contribution >= 4 is 11.8 Å². The monoisotopic (exact) mass is 222 g/mol. The van der Waals surface area contributed by atoms with Gasteiger partial charge in [-0.1, -0.05) is 6.07 Å². The molecule has 0 amide bonds. The Bertz CT molecular complexity index is 289. The standard InChI is InChI=1S/C12H18N2S/c1-14-7-3-5-12(14)10-15-9-11-4-2-6-13-8-11/h2,4,6,8,12H,3,5,7,9-10H2,1H3/t12-/m0/s1. The first-order valence-corrected chi connectivity index (χ1v) is 6.68. The van der Waals surface area contributed by atoms with E-state index in [1.54, 1.807) is 0 Å². The van der Waals surface area contributed by atoms with E-state index >= 15 is 0 Å². The quantitative estimate of drug-likeness (QED) is 0.778. The normalized spacial score (nSPS) is 22.1. The Hall–Kier alpha value is -0.540. The summed E-state index contributed by atoms with van der Waals surface area (Å²) in [6, 6.07) is 4.96. The fraction of sp³-hybridized carbons (Fsp3) is 0.583. The summed E-state index contributed by atoms with van der Waals surface area (Å²) in [4.78, 5) is 6.61. The van der Waals surface area contributed by atoms with Crippen LogP contribution in [0.5, 0.6) is 0 Å². The Morgan fingerprint density at radius 2 is 2.53 bits per heavy atom. The molecule has 1 fully saturated rings. The van der Waals surface area contributed by atoms with Crippen LogP contribution in [-0.2, 0) is 5.75 Å². The highest BCUT2D eigenvalue weighted by Gasteiger charge is 2.20. The maximum atomic E-state index is 4.13. The number of hydrogen-bond acceptors (Lipinski definition) is 3. The molecule has 1 atom stereocenters. The number of likely N-dealkylation sites (tertiary alicyclic amines) is 1. The van der Waals surface area contributed by atoms with Crippen LogP contribution in [-0.4, -0.2) is 35.3 Å². The van der Waals surface area contributed by atoms with Crippen molar-refractivity contribution in [1.29, 1.82) is 0 Å². The van der Waals surface area contributed by atoms with E-state index in [2.05, 4.69) is 23.0 Å². The van der Waals surface area contributed by atoms with E-state index in [4.69, 9.17) is 0 Å².